The predicted octanol–water partition coefficient (Wildman–Crippen LogP) is 4.04. The van der Waals surface area contributed by atoms with E-state index in [4.69, 9.17) is 5.73 Å². The van der Waals surface area contributed by atoms with Crippen molar-refractivity contribution in [3.63, 3.8) is 0 Å². The first-order chi connectivity index (χ1) is 11.5. The molecular weight excluding hydrogens is 305 g/mol. The van der Waals surface area contributed by atoms with Crippen LogP contribution in [0.15, 0.2) is 36.5 Å². The van der Waals surface area contributed by atoms with E-state index in [9.17, 15) is 9.18 Å². The Morgan fingerprint density at radius 1 is 1.25 bits per heavy atom. The van der Waals surface area contributed by atoms with E-state index in [1.807, 2.05) is 12.1 Å². The summed E-state index contributed by atoms with van der Waals surface area (Å²) in [6, 6.07) is 7.93. The third-order valence-corrected chi connectivity index (χ3v) is 4.47. The van der Waals surface area contributed by atoms with Crippen LogP contribution in [0.3, 0.4) is 0 Å². The second-order valence-corrected chi connectivity index (χ2v) is 6.55. The lowest BCUT2D eigenvalue weighted by Crippen LogP contribution is -2.16. The van der Waals surface area contributed by atoms with Crippen LogP contribution in [-0.4, -0.2) is 10.9 Å². The average molecular weight is 327 g/mol. The van der Waals surface area contributed by atoms with E-state index in [0.717, 1.165) is 30.5 Å². The normalized spacial score (nSPS) is 21.7. The van der Waals surface area contributed by atoms with Crippen LogP contribution in [0.1, 0.15) is 44.3 Å². The van der Waals surface area contributed by atoms with E-state index < -0.39 is 0 Å². The summed E-state index contributed by atoms with van der Waals surface area (Å²) in [7, 11) is 0. The number of nitrogens with two attached hydrogens (primary N) is 1. The number of nitrogens with one attached hydrogen (secondary N) is 1. The Balaban J connectivity index is 2.07. The van der Waals surface area contributed by atoms with Gasteiger partial charge in [-0.05, 0) is 48.2 Å². The van der Waals surface area contributed by atoms with Crippen molar-refractivity contribution >= 4 is 11.6 Å². The molecule has 1 aromatic heterocycles. The number of fused-ring (bicyclic) bond motifs is 4. The summed E-state index contributed by atoms with van der Waals surface area (Å²) in [6.45, 7) is 2.06. The smallest absolute Gasteiger partial charge is 0.224 e. The number of hydrogen-bond acceptors (Lipinski definition) is 3. The van der Waals surface area contributed by atoms with Crippen LogP contribution in [0.5, 0.6) is 0 Å². The van der Waals surface area contributed by atoms with Crippen molar-refractivity contribution in [3.8, 4) is 11.1 Å². The molecule has 4 nitrogen and oxygen atoms in total. The molecule has 0 radical (unpaired) electrons. The molecule has 1 aliphatic heterocycles. The molecule has 2 atom stereocenters. The molecule has 126 valence electrons. The van der Waals surface area contributed by atoms with Gasteiger partial charge in [-0.15, -0.1) is 0 Å². The van der Waals surface area contributed by atoms with Gasteiger partial charge in [-0.2, -0.15) is 0 Å². The molecule has 2 bridgehead atoms. The third kappa shape index (κ3) is 3.79. The lowest BCUT2D eigenvalue weighted by Gasteiger charge is -2.14. The number of amides is 1. The summed E-state index contributed by atoms with van der Waals surface area (Å²) < 4.78 is 13.8. The Bertz CT molecular complexity index is 747. The summed E-state index contributed by atoms with van der Waals surface area (Å²) >= 11 is 0. The summed E-state index contributed by atoms with van der Waals surface area (Å²) in [6.07, 6.45) is 4.84. The van der Waals surface area contributed by atoms with E-state index in [-0.39, 0.29) is 23.7 Å². The maximum absolute atomic E-state index is 13.8. The van der Waals surface area contributed by atoms with Gasteiger partial charge in [0.1, 0.15) is 5.82 Å². The number of hydrogen-bond donors (Lipinski definition) is 2. The second-order valence-electron chi connectivity index (χ2n) is 6.55. The number of nitrogens with zero attached hydrogens (tertiary/aromatic N) is 1. The maximum atomic E-state index is 13.8. The quantitative estimate of drug-likeness (QED) is 0.767. The van der Waals surface area contributed by atoms with E-state index in [1.54, 1.807) is 12.3 Å². The van der Waals surface area contributed by atoms with Crippen molar-refractivity contribution in [1.29, 1.82) is 0 Å². The standard InChI is InChI=1S/C19H22FN3O/c1-12-3-2-4-16(21)18-10-13(7-8-22-18)15-11-14(20)5-6-17(15)23-19(24)9-12/h5-8,10-12,16H,2-4,9,21H2,1H3,(H,23,24)/t12?,16-/m0/s1. The van der Waals surface area contributed by atoms with Crippen LogP contribution >= 0.6 is 0 Å². The summed E-state index contributed by atoms with van der Waals surface area (Å²) in [5.74, 6) is -0.116. The molecule has 0 saturated carbocycles. The minimum Gasteiger partial charge on any atom is -0.326 e. The molecule has 2 heterocycles. The lowest BCUT2D eigenvalue weighted by molar-refractivity contribution is -0.117. The van der Waals surface area contributed by atoms with Crippen LogP contribution in [-0.2, 0) is 4.79 Å². The van der Waals surface area contributed by atoms with Gasteiger partial charge in [-0.3, -0.25) is 9.78 Å². The molecule has 1 aliphatic rings. The van der Waals surface area contributed by atoms with Crippen molar-refractivity contribution < 1.29 is 9.18 Å². The van der Waals surface area contributed by atoms with Crippen molar-refractivity contribution in [2.24, 2.45) is 11.7 Å². The van der Waals surface area contributed by atoms with Gasteiger partial charge in [0, 0.05) is 29.9 Å². The van der Waals surface area contributed by atoms with E-state index in [2.05, 4.69) is 17.2 Å². The fourth-order valence-corrected chi connectivity index (χ4v) is 3.14. The zero-order valence-corrected chi connectivity index (χ0v) is 13.8. The van der Waals surface area contributed by atoms with Gasteiger partial charge in [-0.1, -0.05) is 19.8 Å². The molecule has 5 heteroatoms. The fraction of sp³-hybridized carbons (Fsp3) is 0.368. The zero-order chi connectivity index (χ0) is 17.1. The van der Waals surface area contributed by atoms with E-state index in [0.29, 0.717) is 17.7 Å². The van der Waals surface area contributed by atoms with Gasteiger partial charge in [-0.25, -0.2) is 4.39 Å². The van der Waals surface area contributed by atoms with Crippen LogP contribution in [0.25, 0.3) is 11.1 Å². The van der Waals surface area contributed by atoms with Crippen LogP contribution < -0.4 is 11.1 Å². The molecule has 1 aromatic carbocycles. The van der Waals surface area contributed by atoms with Gasteiger partial charge < -0.3 is 11.1 Å². The Morgan fingerprint density at radius 3 is 2.92 bits per heavy atom. The Morgan fingerprint density at radius 2 is 2.08 bits per heavy atom. The Kier molecular flexibility index (Phi) is 4.90. The number of pyridine rings is 1. The highest BCUT2D eigenvalue weighted by Gasteiger charge is 2.16. The van der Waals surface area contributed by atoms with Gasteiger partial charge in [0.05, 0.1) is 5.69 Å². The van der Waals surface area contributed by atoms with Gasteiger partial charge >= 0.3 is 0 Å². The average Bonchev–Trinajstić information content (AvgIpc) is 2.56. The number of carbonyl (C=O) groups is 1. The van der Waals surface area contributed by atoms with Crippen LogP contribution in [0.4, 0.5) is 10.1 Å². The van der Waals surface area contributed by atoms with Gasteiger partial charge in [0.25, 0.3) is 0 Å². The minimum atomic E-state index is -0.344. The third-order valence-electron chi connectivity index (χ3n) is 4.47. The highest BCUT2D eigenvalue weighted by molar-refractivity contribution is 5.95. The molecule has 0 spiro atoms. The van der Waals surface area contributed by atoms with Crippen molar-refractivity contribution in [1.82, 2.24) is 4.98 Å². The number of rotatable bonds is 0. The number of aromatic nitrogens is 1. The molecule has 1 amide bonds. The number of anilines is 1. The summed E-state index contributed by atoms with van der Waals surface area (Å²) in [5.41, 5.74) is 9.11. The first kappa shape index (κ1) is 16.6. The molecule has 24 heavy (non-hydrogen) atoms. The van der Waals surface area contributed by atoms with Crippen molar-refractivity contribution in [2.75, 3.05) is 5.32 Å². The van der Waals surface area contributed by atoms with Gasteiger partial charge in [0.15, 0.2) is 0 Å². The predicted molar refractivity (Wildman–Crippen MR) is 92.8 cm³/mol. The zero-order valence-electron chi connectivity index (χ0n) is 13.8. The van der Waals surface area contributed by atoms with E-state index >= 15 is 0 Å². The summed E-state index contributed by atoms with van der Waals surface area (Å²) in [4.78, 5) is 16.7. The van der Waals surface area contributed by atoms with Gasteiger partial charge in [0.2, 0.25) is 5.91 Å². The number of benzene rings is 1. The van der Waals surface area contributed by atoms with E-state index in [1.165, 1.54) is 12.1 Å². The lowest BCUT2D eigenvalue weighted by atomic mass is 9.97. The first-order valence-corrected chi connectivity index (χ1v) is 8.34. The second kappa shape index (κ2) is 7.09. The highest BCUT2D eigenvalue weighted by Crippen LogP contribution is 2.31. The molecular formula is C19H22FN3O. The minimum absolute atomic E-state index is 0.0480. The molecule has 0 saturated heterocycles. The number of carbonyl (C=O) groups excluding carboxylic acids is 1. The molecule has 0 fully saturated rings. The first-order valence-electron chi connectivity index (χ1n) is 8.34. The van der Waals surface area contributed by atoms with Crippen molar-refractivity contribution in [3.05, 3.63) is 48.0 Å². The van der Waals surface area contributed by atoms with Crippen LogP contribution in [0, 0.1) is 11.7 Å². The molecule has 1 unspecified atom stereocenters. The topological polar surface area (TPSA) is 68.0 Å². The molecule has 3 rings (SSSR count). The summed E-state index contributed by atoms with van der Waals surface area (Å²) in [5, 5.41) is 2.92. The maximum Gasteiger partial charge on any atom is 0.224 e. The molecule has 2 aromatic rings. The fourth-order valence-electron chi connectivity index (χ4n) is 3.14. The molecule has 3 N–H and O–H groups in total. The Hall–Kier alpha value is -2.27. The molecule has 0 aliphatic carbocycles. The monoisotopic (exact) mass is 327 g/mol. The Labute approximate surface area is 141 Å². The number of halogens is 1. The van der Waals surface area contributed by atoms with Crippen LogP contribution in [0.2, 0.25) is 0 Å². The highest BCUT2D eigenvalue weighted by atomic mass is 19.1. The largest absolute Gasteiger partial charge is 0.326 e. The van der Waals surface area contributed by atoms with Crippen molar-refractivity contribution in [2.45, 2.75) is 38.6 Å². The SMILES string of the molecule is CC1CCC[C@H](N)c2cc(ccn2)-c2cc(F)ccc2NC(=O)C1.